The van der Waals surface area contributed by atoms with Crippen LogP contribution >= 0.6 is 0 Å². The second kappa shape index (κ2) is 12.6. The molecule has 0 bridgehead atoms. The maximum atomic E-state index is 12.3. The number of carbonyl (C=O) groups excluding carboxylic acids is 1. The van der Waals surface area contributed by atoms with Gasteiger partial charge in [-0.05, 0) is 26.2 Å². The third kappa shape index (κ3) is 6.88. The Balaban J connectivity index is 2.29. The molecule has 32 heavy (non-hydrogen) atoms. The van der Waals surface area contributed by atoms with Crippen LogP contribution < -0.4 is 15.0 Å². The van der Waals surface area contributed by atoms with Crippen LogP contribution in [0.4, 0.5) is 11.4 Å². The van der Waals surface area contributed by atoms with E-state index in [2.05, 4.69) is 11.9 Å². The van der Waals surface area contributed by atoms with E-state index < -0.39 is 10.9 Å². The molecule has 2 rings (SSSR count). The Bertz CT molecular complexity index is 841. The molecule has 1 heterocycles. The fourth-order valence-electron chi connectivity index (χ4n) is 3.18. The van der Waals surface area contributed by atoms with Gasteiger partial charge in [-0.15, -0.1) is 0 Å². The number of carbonyl (C=O) groups is 1. The van der Waals surface area contributed by atoms with E-state index in [4.69, 9.17) is 18.9 Å². The van der Waals surface area contributed by atoms with E-state index in [1.807, 2.05) is 6.92 Å². The molecule has 1 aliphatic heterocycles. The summed E-state index contributed by atoms with van der Waals surface area (Å²) in [6.45, 7) is 9.07. The van der Waals surface area contributed by atoms with Crippen LogP contribution in [0.2, 0.25) is 0 Å². The number of hydrogen-bond acceptors (Lipinski definition) is 9. The van der Waals surface area contributed by atoms with Gasteiger partial charge in [0.15, 0.2) is 0 Å². The Morgan fingerprint density at radius 2 is 2.06 bits per heavy atom. The van der Waals surface area contributed by atoms with Gasteiger partial charge in [0.1, 0.15) is 36.4 Å². The minimum Gasteiger partial charge on any atom is -0.495 e. The predicted octanol–water partition coefficient (Wildman–Crippen LogP) is 3.72. The van der Waals surface area contributed by atoms with Crippen molar-refractivity contribution >= 4 is 17.3 Å². The summed E-state index contributed by atoms with van der Waals surface area (Å²) in [5.74, 6) is -0.0199. The topological polar surface area (TPSA) is 112 Å². The van der Waals surface area contributed by atoms with Crippen molar-refractivity contribution in [1.82, 2.24) is 5.32 Å². The number of hydrogen-bond donors (Lipinski definition) is 1. The van der Waals surface area contributed by atoms with Gasteiger partial charge in [0.05, 0.1) is 17.8 Å². The van der Waals surface area contributed by atoms with Crippen molar-refractivity contribution in [1.29, 1.82) is 0 Å². The van der Waals surface area contributed by atoms with Gasteiger partial charge in [0, 0.05) is 37.7 Å². The maximum absolute atomic E-state index is 12.3. The molecule has 1 aliphatic rings. The largest absolute Gasteiger partial charge is 0.495 e. The molecule has 1 atom stereocenters. The number of esters is 1. The average Bonchev–Trinajstić information content (AvgIpc) is 3.23. The molecule has 10 nitrogen and oxygen atoms in total. The monoisotopic (exact) mass is 449 g/mol. The molecule has 0 aromatic heterocycles. The number of allylic oxidation sites excluding steroid dienone is 1. The molecule has 0 amide bonds. The number of nitro groups is 1. The number of benzene rings is 1. The second-order valence-corrected chi connectivity index (χ2v) is 7.14. The van der Waals surface area contributed by atoms with E-state index in [1.165, 1.54) is 19.2 Å². The third-order valence-corrected chi connectivity index (χ3v) is 4.62. The highest BCUT2D eigenvalue weighted by atomic mass is 16.6. The van der Waals surface area contributed by atoms with Crippen molar-refractivity contribution in [2.75, 3.05) is 38.4 Å². The van der Waals surface area contributed by atoms with Gasteiger partial charge in [0.2, 0.25) is 0 Å². The number of ether oxygens (including phenoxy) is 4. The molecule has 1 aromatic rings. The first-order valence-corrected chi connectivity index (χ1v) is 10.5. The molecule has 1 unspecified atom stereocenters. The summed E-state index contributed by atoms with van der Waals surface area (Å²) in [5.41, 5.74) is 0.0506. The number of rotatable bonds is 14. The lowest BCUT2D eigenvalue weighted by Gasteiger charge is -2.26. The Hall–Kier alpha value is -3.27. The minimum atomic E-state index is -0.727. The minimum absolute atomic E-state index is 0.0288. The van der Waals surface area contributed by atoms with Crippen LogP contribution in [0.1, 0.15) is 43.5 Å². The molecule has 176 valence electrons. The molecule has 0 saturated heterocycles. The van der Waals surface area contributed by atoms with Crippen LogP contribution in [0.3, 0.4) is 0 Å². The lowest BCUT2D eigenvalue weighted by atomic mass is 10.1. The predicted molar refractivity (Wildman–Crippen MR) is 120 cm³/mol. The standard InChI is InChI=1S/C22H31N3O7/c1-5-10-30-11-6-7-21-23-8-9-24(21)18-15-20(32-13-12-31-16(2)3)17(22(26)29-4)14-19(18)25(27)28/h8-9,14-15,21,23H,2,5-7,10-13H2,1,3-4H3. The number of nitrogens with zero attached hydrogens (tertiary/aromatic N) is 2. The van der Waals surface area contributed by atoms with E-state index in [-0.39, 0.29) is 36.4 Å². The first-order valence-electron chi connectivity index (χ1n) is 10.5. The lowest BCUT2D eigenvalue weighted by molar-refractivity contribution is -0.384. The first kappa shape index (κ1) is 25.0. The van der Waals surface area contributed by atoms with E-state index in [0.29, 0.717) is 31.1 Å². The molecule has 10 heteroatoms. The second-order valence-electron chi connectivity index (χ2n) is 7.14. The van der Waals surface area contributed by atoms with E-state index in [0.717, 1.165) is 12.8 Å². The lowest BCUT2D eigenvalue weighted by Crippen LogP contribution is -2.36. The van der Waals surface area contributed by atoms with Crippen LogP contribution in [-0.2, 0) is 14.2 Å². The van der Waals surface area contributed by atoms with Crippen molar-refractivity contribution in [2.45, 2.75) is 39.3 Å². The number of methoxy groups -OCH3 is 1. The van der Waals surface area contributed by atoms with Gasteiger partial charge in [0.25, 0.3) is 5.69 Å². The highest BCUT2D eigenvalue weighted by Gasteiger charge is 2.30. The van der Waals surface area contributed by atoms with Gasteiger partial charge in [-0.3, -0.25) is 10.1 Å². The Morgan fingerprint density at radius 3 is 2.72 bits per heavy atom. The van der Waals surface area contributed by atoms with Gasteiger partial charge in [-0.25, -0.2) is 4.79 Å². The van der Waals surface area contributed by atoms with Gasteiger partial charge in [-0.2, -0.15) is 0 Å². The molecule has 0 saturated carbocycles. The highest BCUT2D eigenvalue weighted by molar-refractivity contribution is 5.95. The summed E-state index contributed by atoms with van der Waals surface area (Å²) in [5, 5.41) is 15.0. The Labute approximate surface area is 187 Å². The number of anilines is 1. The zero-order chi connectivity index (χ0) is 23.5. The molecular formula is C22H31N3O7. The molecular weight excluding hydrogens is 418 g/mol. The average molecular weight is 450 g/mol. The summed E-state index contributed by atoms with van der Waals surface area (Å²) >= 11 is 0. The number of nitro benzene ring substituents is 1. The molecule has 0 aliphatic carbocycles. The van der Waals surface area contributed by atoms with Crippen LogP contribution in [0.5, 0.6) is 5.75 Å². The normalized spacial score (nSPS) is 14.7. The number of nitrogens with one attached hydrogen (secondary N) is 1. The summed E-state index contributed by atoms with van der Waals surface area (Å²) in [4.78, 5) is 25.3. The summed E-state index contributed by atoms with van der Waals surface area (Å²) < 4.78 is 21.3. The van der Waals surface area contributed by atoms with Crippen LogP contribution in [-0.4, -0.2) is 50.6 Å². The summed E-state index contributed by atoms with van der Waals surface area (Å²) in [6.07, 6.45) is 5.71. The zero-order valence-corrected chi connectivity index (χ0v) is 18.8. The van der Waals surface area contributed by atoms with Crippen LogP contribution in [0.25, 0.3) is 0 Å². The first-order chi connectivity index (χ1) is 15.4. The van der Waals surface area contributed by atoms with Crippen LogP contribution in [0, 0.1) is 10.1 Å². The molecule has 0 spiro atoms. The van der Waals surface area contributed by atoms with Crippen molar-refractivity contribution in [3.63, 3.8) is 0 Å². The van der Waals surface area contributed by atoms with E-state index in [9.17, 15) is 14.9 Å². The molecule has 0 radical (unpaired) electrons. The molecule has 1 N–H and O–H groups in total. The quantitative estimate of drug-likeness (QED) is 0.149. The Kier molecular flexibility index (Phi) is 9.80. The molecule has 1 aromatic carbocycles. The van der Waals surface area contributed by atoms with Crippen molar-refractivity contribution in [3.05, 3.63) is 52.5 Å². The Morgan fingerprint density at radius 1 is 1.28 bits per heavy atom. The van der Waals surface area contributed by atoms with Gasteiger partial charge >= 0.3 is 5.97 Å². The molecule has 0 fully saturated rings. The van der Waals surface area contributed by atoms with Crippen LogP contribution in [0.15, 0.2) is 36.9 Å². The van der Waals surface area contributed by atoms with E-state index in [1.54, 1.807) is 24.2 Å². The smallest absolute Gasteiger partial charge is 0.341 e. The summed E-state index contributed by atoms with van der Waals surface area (Å²) in [7, 11) is 1.21. The van der Waals surface area contributed by atoms with E-state index >= 15 is 0 Å². The zero-order valence-electron chi connectivity index (χ0n) is 18.8. The fourth-order valence-corrected chi connectivity index (χ4v) is 3.18. The van der Waals surface area contributed by atoms with Crippen molar-refractivity contribution < 1.29 is 28.7 Å². The van der Waals surface area contributed by atoms with Gasteiger partial charge in [-0.1, -0.05) is 13.5 Å². The highest BCUT2D eigenvalue weighted by Crippen LogP contribution is 2.38. The maximum Gasteiger partial charge on any atom is 0.341 e. The third-order valence-electron chi connectivity index (χ3n) is 4.62. The SMILES string of the molecule is C=C(C)OCCOc1cc(N2C=CNC2CCCOCCC)c([N+](=O)[O-])cc1C(=O)OC. The fraction of sp³-hybridized carbons (Fsp3) is 0.500. The van der Waals surface area contributed by atoms with Crippen molar-refractivity contribution in [3.8, 4) is 5.75 Å². The van der Waals surface area contributed by atoms with Crippen molar-refractivity contribution in [2.24, 2.45) is 0 Å². The van der Waals surface area contributed by atoms with Gasteiger partial charge < -0.3 is 29.2 Å². The summed E-state index contributed by atoms with van der Waals surface area (Å²) in [6, 6.07) is 2.67.